The third-order valence-corrected chi connectivity index (χ3v) is 3.20. The van der Waals surface area contributed by atoms with E-state index < -0.39 is 0 Å². The molecule has 2 N–H and O–H groups in total. The summed E-state index contributed by atoms with van der Waals surface area (Å²) in [7, 11) is 0. The number of benzene rings is 2. The molecule has 0 aromatic heterocycles. The molecule has 0 saturated heterocycles. The van der Waals surface area contributed by atoms with Crippen molar-refractivity contribution in [3.8, 4) is 11.5 Å². The van der Waals surface area contributed by atoms with Crippen molar-refractivity contribution in [3.63, 3.8) is 0 Å². The lowest BCUT2D eigenvalue weighted by Crippen LogP contribution is -2.05. The lowest BCUT2D eigenvalue weighted by Gasteiger charge is -2.08. The van der Waals surface area contributed by atoms with Gasteiger partial charge in [0.1, 0.15) is 11.5 Å². The lowest BCUT2D eigenvalue weighted by molar-refractivity contribution is 0.0988. The van der Waals surface area contributed by atoms with Gasteiger partial charge in [-0.3, -0.25) is 4.79 Å². The SMILES string of the molecule is CCC(=O)c1ccc(OCCCOc2ccc(N)cc2)cc1. The van der Waals surface area contributed by atoms with Gasteiger partial charge in [-0.1, -0.05) is 6.92 Å². The number of Topliss-reactive ketones (excluding diaryl/α,β-unsaturated/α-hetero) is 1. The van der Waals surface area contributed by atoms with Crippen molar-refractivity contribution < 1.29 is 14.3 Å². The first-order chi connectivity index (χ1) is 10.7. The number of ketones is 1. The highest BCUT2D eigenvalue weighted by molar-refractivity contribution is 5.95. The molecule has 0 saturated carbocycles. The van der Waals surface area contributed by atoms with Gasteiger partial charge in [-0.05, 0) is 48.5 Å². The molecule has 2 aromatic rings. The summed E-state index contributed by atoms with van der Waals surface area (Å²) in [6.45, 7) is 3.00. The number of ether oxygens (including phenoxy) is 2. The van der Waals surface area contributed by atoms with Crippen molar-refractivity contribution in [2.45, 2.75) is 19.8 Å². The van der Waals surface area contributed by atoms with Crippen molar-refractivity contribution >= 4 is 11.5 Å². The first kappa shape index (κ1) is 15.9. The predicted molar refractivity (Wildman–Crippen MR) is 87.5 cm³/mol. The summed E-state index contributed by atoms with van der Waals surface area (Å²) in [6, 6.07) is 14.6. The van der Waals surface area contributed by atoms with Crippen molar-refractivity contribution in [2.75, 3.05) is 18.9 Å². The Morgan fingerprint density at radius 3 is 1.91 bits per heavy atom. The van der Waals surface area contributed by atoms with Crippen LogP contribution in [0.25, 0.3) is 0 Å². The molecule has 4 heteroatoms. The summed E-state index contributed by atoms with van der Waals surface area (Å²) in [5, 5.41) is 0. The van der Waals surface area contributed by atoms with E-state index in [1.165, 1.54) is 0 Å². The summed E-state index contributed by atoms with van der Waals surface area (Å²) in [5.41, 5.74) is 7.06. The molecule has 2 rings (SSSR count). The number of anilines is 1. The molecule has 0 spiro atoms. The molecule has 0 radical (unpaired) electrons. The maximum absolute atomic E-state index is 11.5. The second-order valence-electron chi connectivity index (χ2n) is 4.92. The van der Waals surface area contributed by atoms with Gasteiger partial charge in [-0.25, -0.2) is 0 Å². The van der Waals surface area contributed by atoms with Gasteiger partial charge in [0.25, 0.3) is 0 Å². The van der Waals surface area contributed by atoms with Crippen LogP contribution >= 0.6 is 0 Å². The lowest BCUT2D eigenvalue weighted by atomic mass is 10.1. The minimum atomic E-state index is 0.142. The largest absolute Gasteiger partial charge is 0.493 e. The van der Waals surface area contributed by atoms with Crippen LogP contribution in [0.5, 0.6) is 11.5 Å². The highest BCUT2D eigenvalue weighted by atomic mass is 16.5. The fraction of sp³-hybridized carbons (Fsp3) is 0.278. The number of carbonyl (C=O) groups is 1. The summed E-state index contributed by atoms with van der Waals surface area (Å²) in [4.78, 5) is 11.5. The third-order valence-electron chi connectivity index (χ3n) is 3.20. The quantitative estimate of drug-likeness (QED) is 0.458. The Hall–Kier alpha value is -2.49. The van der Waals surface area contributed by atoms with E-state index in [1.807, 2.05) is 43.3 Å². The number of carbonyl (C=O) groups excluding carboxylic acids is 1. The minimum Gasteiger partial charge on any atom is -0.493 e. The second-order valence-corrected chi connectivity index (χ2v) is 4.92. The highest BCUT2D eigenvalue weighted by Crippen LogP contribution is 2.15. The van der Waals surface area contributed by atoms with E-state index in [1.54, 1.807) is 12.1 Å². The minimum absolute atomic E-state index is 0.142. The zero-order chi connectivity index (χ0) is 15.8. The second kappa shape index (κ2) is 8.08. The average Bonchev–Trinajstić information content (AvgIpc) is 2.56. The van der Waals surface area contributed by atoms with Crippen molar-refractivity contribution in [3.05, 3.63) is 54.1 Å². The maximum Gasteiger partial charge on any atom is 0.162 e. The molecule has 0 atom stereocenters. The van der Waals surface area contributed by atoms with Crippen LogP contribution < -0.4 is 15.2 Å². The number of hydrogen-bond acceptors (Lipinski definition) is 4. The molecule has 0 aliphatic heterocycles. The van der Waals surface area contributed by atoms with Crippen LogP contribution in [0.4, 0.5) is 5.69 Å². The van der Waals surface area contributed by atoms with Gasteiger partial charge in [0, 0.05) is 24.1 Å². The van der Waals surface area contributed by atoms with E-state index in [4.69, 9.17) is 15.2 Å². The molecule has 0 bridgehead atoms. The van der Waals surface area contributed by atoms with Crippen molar-refractivity contribution in [1.82, 2.24) is 0 Å². The van der Waals surface area contributed by atoms with E-state index in [9.17, 15) is 4.79 Å². The summed E-state index contributed by atoms with van der Waals surface area (Å²) in [6.07, 6.45) is 1.29. The van der Waals surface area contributed by atoms with E-state index in [0.717, 1.165) is 29.2 Å². The zero-order valence-corrected chi connectivity index (χ0v) is 12.7. The van der Waals surface area contributed by atoms with Gasteiger partial charge in [-0.2, -0.15) is 0 Å². The predicted octanol–water partition coefficient (Wildman–Crippen LogP) is 3.71. The molecular formula is C18H21NO3. The number of rotatable bonds is 8. The van der Waals surface area contributed by atoms with Crippen LogP contribution in [0.1, 0.15) is 30.1 Å². The number of hydrogen-bond donors (Lipinski definition) is 1. The zero-order valence-electron chi connectivity index (χ0n) is 12.7. The molecule has 0 fully saturated rings. The summed E-state index contributed by atoms with van der Waals surface area (Å²) < 4.78 is 11.2. The van der Waals surface area contributed by atoms with Gasteiger partial charge in [0.05, 0.1) is 13.2 Å². The molecule has 0 aliphatic carbocycles. The van der Waals surface area contributed by atoms with Crippen molar-refractivity contribution in [1.29, 1.82) is 0 Å². The first-order valence-electron chi connectivity index (χ1n) is 7.43. The number of nitrogens with two attached hydrogens (primary N) is 1. The van der Waals surface area contributed by atoms with Crippen LogP contribution in [0.3, 0.4) is 0 Å². The third kappa shape index (κ3) is 4.81. The van der Waals surface area contributed by atoms with Crippen molar-refractivity contribution in [2.24, 2.45) is 0 Å². The van der Waals surface area contributed by atoms with Crippen LogP contribution in [0, 0.1) is 0 Å². The van der Waals surface area contributed by atoms with Crippen LogP contribution in [0.15, 0.2) is 48.5 Å². The van der Waals surface area contributed by atoms with Gasteiger partial charge < -0.3 is 15.2 Å². The van der Waals surface area contributed by atoms with E-state index >= 15 is 0 Å². The molecule has 116 valence electrons. The Morgan fingerprint density at radius 1 is 0.909 bits per heavy atom. The normalized spacial score (nSPS) is 10.2. The molecular weight excluding hydrogens is 278 g/mol. The van der Waals surface area contributed by atoms with Gasteiger partial charge in [0.2, 0.25) is 0 Å². The fourth-order valence-electron chi connectivity index (χ4n) is 1.94. The van der Waals surface area contributed by atoms with Crippen LogP contribution in [0.2, 0.25) is 0 Å². The van der Waals surface area contributed by atoms with Gasteiger partial charge in [-0.15, -0.1) is 0 Å². The van der Waals surface area contributed by atoms with Crippen LogP contribution in [-0.4, -0.2) is 19.0 Å². The molecule has 0 aliphatic rings. The monoisotopic (exact) mass is 299 g/mol. The Balaban J connectivity index is 1.68. The Bertz CT molecular complexity index is 591. The standard InChI is InChI=1S/C18H21NO3/c1-2-18(20)14-4-8-16(9-5-14)21-12-3-13-22-17-10-6-15(19)7-11-17/h4-11H,2-3,12-13,19H2,1H3. The molecule has 2 aromatic carbocycles. The average molecular weight is 299 g/mol. The summed E-state index contributed by atoms with van der Waals surface area (Å²) >= 11 is 0. The summed E-state index contributed by atoms with van der Waals surface area (Å²) in [5.74, 6) is 1.71. The number of nitrogen functional groups attached to an aromatic ring is 1. The van der Waals surface area contributed by atoms with Gasteiger partial charge in [0.15, 0.2) is 5.78 Å². The Labute approximate surface area is 130 Å². The topological polar surface area (TPSA) is 61.5 Å². The van der Waals surface area contributed by atoms with E-state index in [-0.39, 0.29) is 5.78 Å². The first-order valence-corrected chi connectivity index (χ1v) is 7.43. The molecule has 0 heterocycles. The molecule has 0 unspecified atom stereocenters. The molecule has 0 amide bonds. The smallest absolute Gasteiger partial charge is 0.162 e. The van der Waals surface area contributed by atoms with Gasteiger partial charge >= 0.3 is 0 Å². The Kier molecular flexibility index (Phi) is 5.83. The fourth-order valence-corrected chi connectivity index (χ4v) is 1.94. The van der Waals surface area contributed by atoms with Crippen LogP contribution in [-0.2, 0) is 0 Å². The van der Waals surface area contributed by atoms with E-state index in [2.05, 4.69) is 0 Å². The molecule has 4 nitrogen and oxygen atoms in total. The molecule has 22 heavy (non-hydrogen) atoms. The Morgan fingerprint density at radius 2 is 1.41 bits per heavy atom. The van der Waals surface area contributed by atoms with E-state index in [0.29, 0.717) is 19.6 Å². The maximum atomic E-state index is 11.5. The highest BCUT2D eigenvalue weighted by Gasteiger charge is 2.02.